The SMILES string of the molecule is CC(C)CC1C[C@@H]2CCCC[C@@H]2N2C(=O)c3c(O)c(=O)c(C(=O)NCc4ccc(F)cc4F)cn3C[C@@H]12. The van der Waals surface area contributed by atoms with Crippen molar-refractivity contribution in [3.63, 3.8) is 0 Å². The van der Waals surface area contributed by atoms with Crippen molar-refractivity contribution in [1.82, 2.24) is 14.8 Å². The number of nitrogens with one attached hydrogen (secondary N) is 1. The number of halogens is 2. The Labute approximate surface area is 214 Å². The predicted octanol–water partition coefficient (Wildman–Crippen LogP) is 4.21. The van der Waals surface area contributed by atoms with Crippen molar-refractivity contribution in [2.75, 3.05) is 0 Å². The molecule has 9 heteroatoms. The highest BCUT2D eigenvalue weighted by Gasteiger charge is 2.49. The van der Waals surface area contributed by atoms with Crippen molar-refractivity contribution in [2.45, 2.75) is 77.5 Å². The predicted molar refractivity (Wildman–Crippen MR) is 133 cm³/mol. The van der Waals surface area contributed by atoms with Crippen LogP contribution in [0.25, 0.3) is 0 Å². The van der Waals surface area contributed by atoms with E-state index >= 15 is 0 Å². The largest absolute Gasteiger partial charge is 0.503 e. The minimum absolute atomic E-state index is 0.0589. The van der Waals surface area contributed by atoms with Gasteiger partial charge in [0.25, 0.3) is 11.8 Å². The average Bonchev–Trinajstić information content (AvgIpc) is 2.85. The van der Waals surface area contributed by atoms with Crippen LogP contribution in [0.15, 0.2) is 29.2 Å². The van der Waals surface area contributed by atoms with Crippen molar-refractivity contribution >= 4 is 11.8 Å². The Morgan fingerprint density at radius 3 is 2.65 bits per heavy atom. The van der Waals surface area contributed by atoms with Crippen molar-refractivity contribution in [3.05, 3.63) is 63.1 Å². The molecule has 7 nitrogen and oxygen atoms in total. The van der Waals surface area contributed by atoms with Gasteiger partial charge in [-0.25, -0.2) is 8.78 Å². The molecule has 1 unspecified atom stereocenters. The van der Waals surface area contributed by atoms with Crippen LogP contribution in [0.3, 0.4) is 0 Å². The molecule has 0 bridgehead atoms. The number of amides is 2. The van der Waals surface area contributed by atoms with Gasteiger partial charge in [-0.2, -0.15) is 0 Å². The summed E-state index contributed by atoms with van der Waals surface area (Å²) in [5.74, 6) is -2.26. The average molecular weight is 514 g/mol. The molecule has 5 rings (SSSR count). The van der Waals surface area contributed by atoms with Crippen LogP contribution in [0.1, 0.15) is 78.8 Å². The number of benzene rings is 1. The lowest BCUT2D eigenvalue weighted by atomic mass is 9.69. The van der Waals surface area contributed by atoms with Crippen LogP contribution in [0, 0.1) is 29.4 Å². The zero-order chi connectivity index (χ0) is 26.4. The van der Waals surface area contributed by atoms with E-state index in [-0.39, 0.29) is 47.3 Å². The summed E-state index contributed by atoms with van der Waals surface area (Å²) in [5, 5.41) is 13.3. The lowest BCUT2D eigenvalue weighted by molar-refractivity contribution is -0.0287. The number of piperidine rings is 1. The number of nitrogens with zero attached hydrogens (tertiary/aromatic N) is 2. The first-order valence-electron chi connectivity index (χ1n) is 13.2. The topological polar surface area (TPSA) is 91.6 Å². The molecule has 4 atom stereocenters. The van der Waals surface area contributed by atoms with E-state index in [9.17, 15) is 28.3 Å². The van der Waals surface area contributed by atoms with Gasteiger partial charge in [-0.3, -0.25) is 14.4 Å². The van der Waals surface area contributed by atoms with Gasteiger partial charge in [0.15, 0.2) is 11.4 Å². The fraction of sp³-hybridized carbons (Fsp3) is 0.536. The summed E-state index contributed by atoms with van der Waals surface area (Å²) in [6, 6.07) is 3.04. The van der Waals surface area contributed by atoms with Crippen LogP contribution in [0.5, 0.6) is 5.75 Å². The van der Waals surface area contributed by atoms with Crippen molar-refractivity contribution < 1.29 is 23.5 Å². The number of carbonyl (C=O) groups excluding carboxylic acids is 2. The maximum atomic E-state index is 14.0. The van der Waals surface area contributed by atoms with Crippen LogP contribution in [-0.2, 0) is 13.1 Å². The number of aromatic nitrogens is 1. The van der Waals surface area contributed by atoms with E-state index in [0.29, 0.717) is 24.4 Å². The Bertz CT molecular complexity index is 1290. The summed E-state index contributed by atoms with van der Waals surface area (Å²) in [6.07, 6.45) is 7.57. The van der Waals surface area contributed by atoms with Crippen LogP contribution in [0.4, 0.5) is 8.78 Å². The Hall–Kier alpha value is -3.23. The monoisotopic (exact) mass is 513 g/mol. The zero-order valence-electron chi connectivity index (χ0n) is 21.2. The van der Waals surface area contributed by atoms with Gasteiger partial charge in [0, 0.05) is 37.0 Å². The first-order chi connectivity index (χ1) is 17.7. The fourth-order valence-corrected chi connectivity index (χ4v) is 6.68. The molecular formula is C28H33F2N3O4. The molecule has 198 valence electrons. The molecular weight excluding hydrogens is 480 g/mol. The Balaban J connectivity index is 1.46. The fourth-order valence-electron chi connectivity index (χ4n) is 6.68. The first-order valence-corrected chi connectivity index (χ1v) is 13.2. The maximum Gasteiger partial charge on any atom is 0.275 e. The molecule has 1 saturated heterocycles. The molecule has 3 aliphatic rings. The highest BCUT2D eigenvalue weighted by atomic mass is 19.1. The highest BCUT2D eigenvalue weighted by molar-refractivity contribution is 5.99. The summed E-state index contributed by atoms with van der Waals surface area (Å²) >= 11 is 0. The molecule has 0 spiro atoms. The van der Waals surface area contributed by atoms with Gasteiger partial charge in [0.1, 0.15) is 17.2 Å². The molecule has 1 aromatic carbocycles. The molecule has 0 radical (unpaired) electrons. The van der Waals surface area contributed by atoms with E-state index in [1.54, 1.807) is 4.57 Å². The summed E-state index contributed by atoms with van der Waals surface area (Å²) in [6.45, 7) is 4.47. The molecule has 37 heavy (non-hydrogen) atoms. The third-order valence-electron chi connectivity index (χ3n) is 8.28. The van der Waals surface area contributed by atoms with Crippen molar-refractivity contribution in [2.24, 2.45) is 17.8 Å². The third kappa shape index (κ3) is 4.64. The van der Waals surface area contributed by atoms with E-state index in [2.05, 4.69) is 19.2 Å². The first kappa shape index (κ1) is 25.4. The summed E-state index contributed by atoms with van der Waals surface area (Å²) in [7, 11) is 0. The smallest absolute Gasteiger partial charge is 0.275 e. The van der Waals surface area contributed by atoms with Crippen LogP contribution in [-0.4, -0.2) is 38.5 Å². The van der Waals surface area contributed by atoms with E-state index in [0.717, 1.165) is 44.6 Å². The van der Waals surface area contributed by atoms with Gasteiger partial charge in [0.2, 0.25) is 5.43 Å². The maximum absolute atomic E-state index is 14.0. The Morgan fingerprint density at radius 2 is 1.92 bits per heavy atom. The quantitative estimate of drug-likeness (QED) is 0.627. The number of rotatable bonds is 5. The van der Waals surface area contributed by atoms with Crippen molar-refractivity contribution in [3.8, 4) is 5.75 Å². The van der Waals surface area contributed by atoms with Crippen LogP contribution < -0.4 is 10.7 Å². The summed E-state index contributed by atoms with van der Waals surface area (Å²) < 4.78 is 28.7. The van der Waals surface area contributed by atoms with E-state index < -0.39 is 28.7 Å². The van der Waals surface area contributed by atoms with Gasteiger partial charge in [-0.1, -0.05) is 32.8 Å². The molecule has 2 amide bonds. The second-order valence-electron chi connectivity index (χ2n) is 11.2. The minimum atomic E-state index is -0.939. The second-order valence-corrected chi connectivity index (χ2v) is 11.2. The number of pyridine rings is 1. The lowest BCUT2D eigenvalue weighted by Gasteiger charge is -2.54. The normalized spacial score (nSPS) is 24.9. The third-order valence-corrected chi connectivity index (χ3v) is 8.28. The number of fused-ring (bicyclic) bond motifs is 4. The molecule has 1 saturated carbocycles. The molecule has 2 fully saturated rings. The zero-order valence-corrected chi connectivity index (χ0v) is 21.2. The van der Waals surface area contributed by atoms with E-state index in [4.69, 9.17) is 0 Å². The number of hydrogen-bond acceptors (Lipinski definition) is 4. The number of aromatic hydroxyl groups is 1. The molecule has 2 aliphatic heterocycles. The molecule has 2 N–H and O–H groups in total. The second kappa shape index (κ2) is 9.91. The van der Waals surface area contributed by atoms with Gasteiger partial charge in [-0.15, -0.1) is 0 Å². The van der Waals surface area contributed by atoms with Gasteiger partial charge in [0.05, 0.1) is 6.04 Å². The molecule has 3 heterocycles. The molecule has 1 aliphatic carbocycles. The summed E-state index contributed by atoms with van der Waals surface area (Å²) in [5.41, 5.74) is -1.27. The molecule has 1 aromatic heterocycles. The van der Waals surface area contributed by atoms with Crippen LogP contribution >= 0.6 is 0 Å². The highest BCUT2D eigenvalue weighted by Crippen LogP contribution is 2.45. The number of carbonyl (C=O) groups is 2. The molecule has 2 aromatic rings. The van der Waals surface area contributed by atoms with Crippen LogP contribution in [0.2, 0.25) is 0 Å². The minimum Gasteiger partial charge on any atom is -0.503 e. The Kier molecular flexibility index (Phi) is 6.81. The Morgan fingerprint density at radius 1 is 1.16 bits per heavy atom. The van der Waals surface area contributed by atoms with E-state index in [1.165, 1.54) is 12.3 Å². The van der Waals surface area contributed by atoms with Gasteiger partial charge >= 0.3 is 0 Å². The standard InChI is InChI=1S/C28H33F2N3O4/c1-15(2)9-18-10-16-5-3-4-6-22(16)33-23(18)14-32-13-20(25(34)26(35)24(32)28(33)37)27(36)31-12-17-7-8-19(29)11-21(17)30/h7-8,11,13,15-16,18,22-23,35H,3-6,9-10,12,14H2,1-2H3,(H,31,36)/t16-,18?,22-,23-/m0/s1. The van der Waals surface area contributed by atoms with Gasteiger partial charge < -0.3 is 19.9 Å². The van der Waals surface area contributed by atoms with Gasteiger partial charge in [-0.05, 0) is 49.5 Å². The summed E-state index contributed by atoms with van der Waals surface area (Å²) in [4.78, 5) is 41.6. The number of hydrogen-bond donors (Lipinski definition) is 2. The van der Waals surface area contributed by atoms with Crippen molar-refractivity contribution in [1.29, 1.82) is 0 Å². The lowest BCUT2D eigenvalue weighted by Crippen LogP contribution is -2.62. The van der Waals surface area contributed by atoms with E-state index in [1.807, 2.05) is 4.90 Å².